The molecule has 0 N–H and O–H groups in total. The van der Waals surface area contributed by atoms with E-state index in [1.807, 2.05) is 6.92 Å². The zero-order valence-electron chi connectivity index (χ0n) is 16.6. The van der Waals surface area contributed by atoms with Crippen LogP contribution in [0.5, 0.6) is 0 Å². The highest BCUT2D eigenvalue weighted by molar-refractivity contribution is 5.95. The highest BCUT2D eigenvalue weighted by atomic mass is 16.5. The summed E-state index contributed by atoms with van der Waals surface area (Å²) in [5.74, 6) is 0.532. The number of carbonyl (C=O) groups is 2. The number of hydrogen-bond donors (Lipinski definition) is 0. The minimum Gasteiger partial charge on any atom is -0.464 e. The first kappa shape index (κ1) is 20.3. The second kappa shape index (κ2) is 8.56. The molecule has 1 unspecified atom stereocenters. The Morgan fingerprint density at radius 1 is 1.08 bits per heavy atom. The number of rotatable bonds is 9. The van der Waals surface area contributed by atoms with Crippen LogP contribution in [0.15, 0.2) is 21.6 Å². The van der Waals surface area contributed by atoms with Crippen molar-refractivity contribution in [1.82, 2.24) is 0 Å². The average molecular weight is 362 g/mol. The van der Waals surface area contributed by atoms with Crippen LogP contribution in [0.3, 0.4) is 0 Å². The number of hydrogen-bond acceptors (Lipinski definition) is 5. The maximum atomic E-state index is 12.6. The lowest BCUT2D eigenvalue weighted by molar-refractivity contribution is -0.140. The van der Waals surface area contributed by atoms with E-state index >= 15 is 0 Å². The Bertz CT molecular complexity index is 697. The van der Waals surface area contributed by atoms with Crippen LogP contribution in [0.4, 0.5) is 0 Å². The van der Waals surface area contributed by atoms with E-state index in [2.05, 4.69) is 6.92 Å². The smallest absolute Gasteiger partial charge is 0.341 e. The zero-order chi connectivity index (χ0) is 19.3. The Balaban J connectivity index is 2.42. The SMILES string of the molecule is CCCCCC1(c2cc(C(=O)OCC)c(C)o2)CC(C)=C1C(=O)OCC. The molecule has 0 spiro atoms. The molecule has 0 amide bonds. The lowest BCUT2D eigenvalue weighted by Crippen LogP contribution is -2.41. The van der Waals surface area contributed by atoms with Gasteiger partial charge in [0.15, 0.2) is 0 Å². The summed E-state index contributed by atoms with van der Waals surface area (Å²) < 4.78 is 16.4. The fourth-order valence-corrected chi connectivity index (χ4v) is 3.86. The Kier molecular flexibility index (Phi) is 6.68. The summed E-state index contributed by atoms with van der Waals surface area (Å²) in [5.41, 5.74) is 1.66. The molecule has 1 aromatic heterocycles. The maximum absolute atomic E-state index is 12.6. The van der Waals surface area contributed by atoms with Gasteiger partial charge in [-0.3, -0.25) is 0 Å². The normalized spacial score (nSPS) is 19.3. The molecule has 0 saturated heterocycles. The number of furan rings is 1. The predicted octanol–water partition coefficient (Wildman–Crippen LogP) is 4.87. The summed E-state index contributed by atoms with van der Waals surface area (Å²) in [7, 11) is 0. The van der Waals surface area contributed by atoms with E-state index in [4.69, 9.17) is 13.9 Å². The lowest BCUT2D eigenvalue weighted by Gasteiger charge is -2.42. The second-order valence-corrected chi connectivity index (χ2v) is 6.89. The van der Waals surface area contributed by atoms with Crippen LogP contribution in [0.25, 0.3) is 0 Å². The van der Waals surface area contributed by atoms with E-state index in [-0.39, 0.29) is 11.9 Å². The number of aryl methyl sites for hydroxylation is 1. The predicted molar refractivity (Wildman–Crippen MR) is 99.2 cm³/mol. The molecule has 1 aliphatic carbocycles. The summed E-state index contributed by atoms with van der Waals surface area (Å²) in [6.07, 6.45) is 4.73. The number of esters is 2. The van der Waals surface area contributed by atoms with Gasteiger partial charge in [-0.2, -0.15) is 0 Å². The van der Waals surface area contributed by atoms with E-state index in [1.54, 1.807) is 26.8 Å². The highest BCUT2D eigenvalue weighted by Gasteiger charge is 2.51. The summed E-state index contributed by atoms with van der Waals surface area (Å²) in [5, 5.41) is 0. The molecule has 1 aliphatic rings. The molecule has 5 heteroatoms. The number of carbonyl (C=O) groups excluding carboxylic acids is 2. The monoisotopic (exact) mass is 362 g/mol. The Labute approximate surface area is 155 Å². The fourth-order valence-electron chi connectivity index (χ4n) is 3.86. The van der Waals surface area contributed by atoms with Gasteiger partial charge in [0.25, 0.3) is 0 Å². The first-order valence-corrected chi connectivity index (χ1v) is 9.56. The van der Waals surface area contributed by atoms with Gasteiger partial charge in [0.1, 0.15) is 17.1 Å². The minimum atomic E-state index is -0.499. The largest absolute Gasteiger partial charge is 0.464 e. The molecule has 0 bridgehead atoms. The molecule has 5 nitrogen and oxygen atoms in total. The molecule has 2 rings (SSSR count). The Morgan fingerprint density at radius 3 is 2.31 bits per heavy atom. The summed E-state index contributed by atoms with van der Waals surface area (Å²) >= 11 is 0. The van der Waals surface area contributed by atoms with Crippen molar-refractivity contribution >= 4 is 11.9 Å². The fraction of sp³-hybridized carbons (Fsp3) is 0.619. The van der Waals surface area contributed by atoms with Crippen molar-refractivity contribution in [3.8, 4) is 0 Å². The second-order valence-electron chi connectivity index (χ2n) is 6.89. The molecular weight excluding hydrogens is 332 g/mol. The van der Waals surface area contributed by atoms with Gasteiger partial charge in [-0.15, -0.1) is 0 Å². The molecule has 0 aromatic carbocycles. The van der Waals surface area contributed by atoms with Crippen molar-refractivity contribution < 1.29 is 23.5 Å². The van der Waals surface area contributed by atoms with Crippen molar-refractivity contribution in [1.29, 1.82) is 0 Å². The van der Waals surface area contributed by atoms with E-state index in [9.17, 15) is 9.59 Å². The van der Waals surface area contributed by atoms with Gasteiger partial charge in [0.05, 0.1) is 24.2 Å². The molecule has 0 radical (unpaired) electrons. The standard InChI is InChI=1S/C21H30O5/c1-6-9-10-11-21(13-14(4)18(21)20(23)25-8-3)17-12-16(15(5)26-17)19(22)24-7-2/h12H,6-11,13H2,1-5H3. The first-order chi connectivity index (χ1) is 12.4. The minimum absolute atomic E-state index is 0.278. The van der Waals surface area contributed by atoms with Gasteiger partial charge in [-0.25, -0.2) is 9.59 Å². The van der Waals surface area contributed by atoms with Crippen LogP contribution in [0, 0.1) is 6.92 Å². The van der Waals surface area contributed by atoms with Crippen molar-refractivity contribution in [2.24, 2.45) is 0 Å². The van der Waals surface area contributed by atoms with Gasteiger partial charge in [-0.05, 0) is 46.6 Å². The molecule has 0 saturated carbocycles. The molecule has 0 fully saturated rings. The Hall–Kier alpha value is -2.04. The summed E-state index contributed by atoms with van der Waals surface area (Å²) in [6.45, 7) is 10.1. The van der Waals surface area contributed by atoms with E-state index < -0.39 is 5.41 Å². The van der Waals surface area contributed by atoms with Crippen LogP contribution in [-0.4, -0.2) is 25.2 Å². The van der Waals surface area contributed by atoms with Crippen molar-refractivity contribution in [2.75, 3.05) is 13.2 Å². The summed E-state index contributed by atoms with van der Waals surface area (Å²) in [6, 6.07) is 1.75. The number of allylic oxidation sites excluding steroid dienone is 1. The Morgan fingerprint density at radius 2 is 1.73 bits per heavy atom. The van der Waals surface area contributed by atoms with E-state index in [0.717, 1.165) is 37.7 Å². The molecule has 1 heterocycles. The van der Waals surface area contributed by atoms with Gasteiger partial charge in [-0.1, -0.05) is 31.8 Å². The average Bonchev–Trinajstić information content (AvgIpc) is 2.96. The number of ether oxygens (including phenoxy) is 2. The van der Waals surface area contributed by atoms with Crippen LogP contribution in [0.2, 0.25) is 0 Å². The van der Waals surface area contributed by atoms with Crippen molar-refractivity contribution in [3.63, 3.8) is 0 Å². The van der Waals surface area contributed by atoms with Gasteiger partial charge < -0.3 is 13.9 Å². The van der Waals surface area contributed by atoms with Crippen LogP contribution < -0.4 is 0 Å². The molecule has 26 heavy (non-hydrogen) atoms. The lowest BCUT2D eigenvalue weighted by atomic mass is 9.60. The van der Waals surface area contributed by atoms with E-state index in [0.29, 0.717) is 35.9 Å². The van der Waals surface area contributed by atoms with Crippen LogP contribution >= 0.6 is 0 Å². The maximum Gasteiger partial charge on any atom is 0.341 e. The topological polar surface area (TPSA) is 65.7 Å². The molecule has 1 atom stereocenters. The van der Waals surface area contributed by atoms with Crippen LogP contribution in [0.1, 0.15) is 81.7 Å². The third-order valence-corrected chi connectivity index (χ3v) is 5.04. The van der Waals surface area contributed by atoms with E-state index in [1.165, 1.54) is 0 Å². The quantitative estimate of drug-likeness (QED) is 0.463. The van der Waals surface area contributed by atoms with Gasteiger partial charge >= 0.3 is 11.9 Å². The zero-order valence-corrected chi connectivity index (χ0v) is 16.6. The summed E-state index contributed by atoms with van der Waals surface area (Å²) in [4.78, 5) is 24.7. The molecule has 1 aromatic rings. The van der Waals surface area contributed by atoms with Gasteiger partial charge in [0.2, 0.25) is 0 Å². The van der Waals surface area contributed by atoms with Crippen LogP contribution in [-0.2, 0) is 19.7 Å². The third kappa shape index (κ3) is 3.71. The van der Waals surface area contributed by atoms with Gasteiger partial charge in [0, 0.05) is 0 Å². The molecule has 144 valence electrons. The molecule has 0 aliphatic heterocycles. The van der Waals surface area contributed by atoms with Crippen molar-refractivity contribution in [3.05, 3.63) is 34.3 Å². The number of unbranched alkanes of at least 4 members (excludes halogenated alkanes) is 2. The highest BCUT2D eigenvalue weighted by Crippen LogP contribution is 2.53. The molecular formula is C21H30O5. The third-order valence-electron chi connectivity index (χ3n) is 5.04. The first-order valence-electron chi connectivity index (χ1n) is 9.56. The van der Waals surface area contributed by atoms with Crippen molar-refractivity contribution in [2.45, 2.75) is 72.1 Å².